The van der Waals surface area contributed by atoms with E-state index in [1.165, 1.54) is 0 Å². The molecule has 0 aliphatic carbocycles. The van der Waals surface area contributed by atoms with E-state index >= 15 is 0 Å². The molecule has 0 unspecified atom stereocenters. The highest BCUT2D eigenvalue weighted by Crippen LogP contribution is 2.23. The highest BCUT2D eigenvalue weighted by Gasteiger charge is 2.18. The average Bonchev–Trinajstić information content (AvgIpc) is 3.10. The van der Waals surface area contributed by atoms with Gasteiger partial charge in [0.15, 0.2) is 0 Å². The van der Waals surface area contributed by atoms with Crippen molar-refractivity contribution >= 4 is 17.5 Å². The van der Waals surface area contributed by atoms with Crippen LogP contribution >= 0.6 is 0 Å². The zero-order chi connectivity index (χ0) is 14.7. The molecule has 2 aromatic rings. The molecule has 1 aromatic carbocycles. The van der Waals surface area contributed by atoms with Gasteiger partial charge in [0.1, 0.15) is 5.82 Å². The number of nitrogens with one attached hydrogen (secondary N) is 3. The number of carbonyl (C=O) groups excluding carboxylic acids is 2. The molecule has 0 spiro atoms. The molecule has 2 heterocycles. The van der Waals surface area contributed by atoms with Crippen molar-refractivity contribution in [3.05, 3.63) is 47.5 Å². The van der Waals surface area contributed by atoms with Crippen LogP contribution < -0.4 is 10.6 Å². The highest BCUT2D eigenvalue weighted by atomic mass is 16.2. The van der Waals surface area contributed by atoms with Crippen LogP contribution in [0.2, 0.25) is 0 Å². The number of rotatable bonds is 5. The van der Waals surface area contributed by atoms with Crippen LogP contribution in [0.4, 0.5) is 5.69 Å². The highest BCUT2D eigenvalue weighted by molar-refractivity contribution is 6.02. The maximum atomic E-state index is 12.0. The Bertz CT molecular complexity index is 664. The van der Waals surface area contributed by atoms with E-state index in [4.69, 9.17) is 0 Å². The summed E-state index contributed by atoms with van der Waals surface area (Å²) in [6.07, 6.45) is 5.51. The van der Waals surface area contributed by atoms with Crippen LogP contribution in [0, 0.1) is 0 Å². The molecular weight excluding hydrogens is 268 g/mol. The minimum absolute atomic E-state index is 0.0268. The van der Waals surface area contributed by atoms with E-state index in [-0.39, 0.29) is 11.8 Å². The summed E-state index contributed by atoms with van der Waals surface area (Å²) < 4.78 is 0. The predicted molar refractivity (Wildman–Crippen MR) is 78.0 cm³/mol. The predicted octanol–water partition coefficient (Wildman–Crippen LogP) is 1.27. The number of benzene rings is 1. The normalized spacial score (nSPS) is 12.9. The summed E-state index contributed by atoms with van der Waals surface area (Å²) in [6, 6.07) is 5.30. The fourth-order valence-electron chi connectivity index (χ4n) is 2.35. The number of amides is 2. The Morgan fingerprint density at radius 3 is 3.10 bits per heavy atom. The van der Waals surface area contributed by atoms with Crippen molar-refractivity contribution in [1.82, 2.24) is 15.3 Å². The first-order chi connectivity index (χ1) is 10.2. The van der Waals surface area contributed by atoms with Crippen LogP contribution in [0.3, 0.4) is 0 Å². The fraction of sp³-hybridized carbons (Fsp3) is 0.267. The second-order valence-electron chi connectivity index (χ2n) is 4.99. The van der Waals surface area contributed by atoms with Crippen LogP contribution in [-0.2, 0) is 17.6 Å². The van der Waals surface area contributed by atoms with Gasteiger partial charge < -0.3 is 15.6 Å². The topological polar surface area (TPSA) is 86.9 Å². The Morgan fingerprint density at radius 2 is 2.29 bits per heavy atom. The summed E-state index contributed by atoms with van der Waals surface area (Å²) in [5.74, 6) is 0.767. The van der Waals surface area contributed by atoms with Crippen LogP contribution in [0.1, 0.15) is 28.2 Å². The summed E-state index contributed by atoms with van der Waals surface area (Å²) in [7, 11) is 0. The average molecular weight is 284 g/mol. The van der Waals surface area contributed by atoms with Gasteiger partial charge in [0.05, 0.1) is 6.42 Å². The van der Waals surface area contributed by atoms with Crippen molar-refractivity contribution < 1.29 is 9.59 Å². The standard InChI is InChI=1S/C15H16N4O2/c20-14-9-10-3-4-11(8-12(10)19-14)15(21)18-5-1-2-13-16-6-7-17-13/h3-4,6-8H,1-2,5,9H2,(H,16,17)(H,18,21)(H,19,20). The number of carbonyl (C=O) groups is 2. The summed E-state index contributed by atoms with van der Waals surface area (Å²) >= 11 is 0. The molecule has 0 saturated carbocycles. The molecule has 108 valence electrons. The number of imidazole rings is 1. The van der Waals surface area contributed by atoms with Gasteiger partial charge in [-0.05, 0) is 24.1 Å². The van der Waals surface area contributed by atoms with Gasteiger partial charge in [-0.1, -0.05) is 6.07 Å². The number of hydrogen-bond acceptors (Lipinski definition) is 3. The molecule has 3 rings (SSSR count). The van der Waals surface area contributed by atoms with E-state index in [1.807, 2.05) is 6.07 Å². The third-order valence-electron chi connectivity index (χ3n) is 3.43. The van der Waals surface area contributed by atoms with Gasteiger partial charge in [-0.25, -0.2) is 4.98 Å². The maximum absolute atomic E-state index is 12.0. The molecule has 0 atom stereocenters. The molecule has 1 aromatic heterocycles. The lowest BCUT2D eigenvalue weighted by Gasteiger charge is -2.06. The van der Waals surface area contributed by atoms with Crippen molar-refractivity contribution in [2.75, 3.05) is 11.9 Å². The van der Waals surface area contributed by atoms with Gasteiger partial charge in [0, 0.05) is 36.6 Å². The molecule has 0 saturated heterocycles. The van der Waals surface area contributed by atoms with E-state index in [0.717, 1.165) is 29.9 Å². The van der Waals surface area contributed by atoms with Gasteiger partial charge in [-0.2, -0.15) is 0 Å². The molecule has 1 aliphatic rings. The number of aryl methyl sites for hydroxylation is 1. The first-order valence-corrected chi connectivity index (χ1v) is 6.91. The number of nitrogens with zero attached hydrogens (tertiary/aromatic N) is 1. The van der Waals surface area contributed by atoms with Crippen LogP contribution in [0.25, 0.3) is 0 Å². The number of aromatic nitrogens is 2. The number of fused-ring (bicyclic) bond motifs is 1. The lowest BCUT2D eigenvalue weighted by Crippen LogP contribution is -2.24. The quantitative estimate of drug-likeness (QED) is 0.723. The third-order valence-corrected chi connectivity index (χ3v) is 3.43. The molecule has 1 aliphatic heterocycles. The molecule has 6 heteroatoms. The van der Waals surface area contributed by atoms with E-state index in [2.05, 4.69) is 20.6 Å². The summed E-state index contributed by atoms with van der Waals surface area (Å²) in [6.45, 7) is 0.586. The molecular formula is C15H16N4O2. The molecule has 0 radical (unpaired) electrons. The lowest BCUT2D eigenvalue weighted by atomic mass is 10.1. The molecule has 0 fully saturated rings. The zero-order valence-electron chi connectivity index (χ0n) is 11.5. The van der Waals surface area contributed by atoms with Crippen LogP contribution in [0.5, 0.6) is 0 Å². The van der Waals surface area contributed by atoms with Crippen LogP contribution in [0.15, 0.2) is 30.6 Å². The Hall–Kier alpha value is -2.63. The van der Waals surface area contributed by atoms with Crippen molar-refractivity contribution in [3.63, 3.8) is 0 Å². The Morgan fingerprint density at radius 1 is 1.38 bits per heavy atom. The Kier molecular flexibility index (Phi) is 3.68. The molecule has 3 N–H and O–H groups in total. The smallest absolute Gasteiger partial charge is 0.251 e. The zero-order valence-corrected chi connectivity index (χ0v) is 11.5. The lowest BCUT2D eigenvalue weighted by molar-refractivity contribution is -0.115. The van der Waals surface area contributed by atoms with Gasteiger partial charge in [-0.3, -0.25) is 9.59 Å². The molecule has 21 heavy (non-hydrogen) atoms. The number of aromatic amines is 1. The summed E-state index contributed by atoms with van der Waals surface area (Å²) in [5, 5.41) is 5.62. The SMILES string of the molecule is O=C1Cc2ccc(C(=O)NCCCc3ncc[nH]3)cc2N1. The molecule has 6 nitrogen and oxygen atoms in total. The minimum Gasteiger partial charge on any atom is -0.352 e. The van der Waals surface area contributed by atoms with Crippen molar-refractivity contribution in [1.29, 1.82) is 0 Å². The second-order valence-corrected chi connectivity index (χ2v) is 4.99. The third kappa shape index (κ3) is 3.10. The monoisotopic (exact) mass is 284 g/mol. The van der Waals surface area contributed by atoms with Gasteiger partial charge in [-0.15, -0.1) is 0 Å². The molecule has 0 bridgehead atoms. The maximum Gasteiger partial charge on any atom is 0.251 e. The second kappa shape index (κ2) is 5.78. The van der Waals surface area contributed by atoms with E-state index in [0.29, 0.717) is 18.5 Å². The number of hydrogen-bond donors (Lipinski definition) is 3. The van der Waals surface area contributed by atoms with E-state index in [9.17, 15) is 9.59 Å². The molecule has 2 amide bonds. The first-order valence-electron chi connectivity index (χ1n) is 6.91. The van der Waals surface area contributed by atoms with E-state index < -0.39 is 0 Å². The number of anilines is 1. The first kappa shape index (κ1) is 13.4. The fourth-order valence-corrected chi connectivity index (χ4v) is 2.35. The van der Waals surface area contributed by atoms with E-state index in [1.54, 1.807) is 24.5 Å². The Balaban J connectivity index is 1.51. The summed E-state index contributed by atoms with van der Waals surface area (Å²) in [5.41, 5.74) is 2.24. The summed E-state index contributed by atoms with van der Waals surface area (Å²) in [4.78, 5) is 30.5. The van der Waals surface area contributed by atoms with Crippen molar-refractivity contribution in [3.8, 4) is 0 Å². The Labute approximate surface area is 122 Å². The van der Waals surface area contributed by atoms with Gasteiger partial charge >= 0.3 is 0 Å². The van der Waals surface area contributed by atoms with Gasteiger partial charge in [0.2, 0.25) is 5.91 Å². The minimum atomic E-state index is -0.126. The van der Waals surface area contributed by atoms with Gasteiger partial charge in [0.25, 0.3) is 5.91 Å². The van der Waals surface area contributed by atoms with Crippen molar-refractivity contribution in [2.45, 2.75) is 19.3 Å². The van der Waals surface area contributed by atoms with Crippen LogP contribution in [-0.4, -0.2) is 28.3 Å². The number of H-pyrrole nitrogens is 1. The largest absolute Gasteiger partial charge is 0.352 e. The van der Waals surface area contributed by atoms with Crippen molar-refractivity contribution in [2.24, 2.45) is 0 Å².